The first kappa shape index (κ1) is 14.8. The summed E-state index contributed by atoms with van der Waals surface area (Å²) in [6.07, 6.45) is -0.302. The molecule has 0 rings (SSSR count). The molecule has 0 aromatic heterocycles. The van der Waals surface area contributed by atoms with Crippen molar-refractivity contribution in [2.75, 3.05) is 39.9 Å². The van der Waals surface area contributed by atoms with Crippen LogP contribution in [0.4, 0.5) is 0 Å². The van der Waals surface area contributed by atoms with Crippen molar-refractivity contribution in [1.29, 1.82) is 0 Å². The van der Waals surface area contributed by atoms with Gasteiger partial charge in [-0.25, -0.2) is 0 Å². The van der Waals surface area contributed by atoms with Gasteiger partial charge in [0.1, 0.15) is 0 Å². The molecule has 0 amide bonds. The van der Waals surface area contributed by atoms with Gasteiger partial charge in [-0.1, -0.05) is 20.8 Å². The number of nitrogens with one attached hydrogen (secondary N) is 1. The normalized spacial score (nSPS) is 13.8. The van der Waals surface area contributed by atoms with Gasteiger partial charge >= 0.3 is 0 Å². The Morgan fingerprint density at radius 3 is 2.53 bits per heavy atom. The number of hydrogen-bond acceptors (Lipinski definition) is 4. The van der Waals surface area contributed by atoms with Crippen LogP contribution in [0.25, 0.3) is 0 Å². The molecule has 0 aliphatic rings. The molecule has 0 aromatic rings. The lowest BCUT2D eigenvalue weighted by Crippen LogP contribution is -2.41. The van der Waals surface area contributed by atoms with E-state index in [4.69, 9.17) is 4.74 Å². The van der Waals surface area contributed by atoms with Gasteiger partial charge < -0.3 is 15.2 Å². The molecule has 0 bridgehead atoms. The van der Waals surface area contributed by atoms with Crippen molar-refractivity contribution < 1.29 is 9.84 Å². The Morgan fingerprint density at radius 1 is 1.40 bits per heavy atom. The predicted molar refractivity (Wildman–Crippen MR) is 63.1 cm³/mol. The van der Waals surface area contributed by atoms with E-state index in [1.807, 2.05) is 0 Å². The molecule has 0 aliphatic heterocycles. The van der Waals surface area contributed by atoms with Crippen molar-refractivity contribution in [1.82, 2.24) is 10.2 Å². The van der Waals surface area contributed by atoms with Crippen LogP contribution in [0.1, 0.15) is 20.8 Å². The third kappa shape index (κ3) is 8.81. The predicted octanol–water partition coefficient (Wildman–Crippen LogP) is 0.314. The van der Waals surface area contributed by atoms with Crippen molar-refractivity contribution in [2.24, 2.45) is 0 Å². The first-order valence-electron chi connectivity index (χ1n) is 5.72. The summed E-state index contributed by atoms with van der Waals surface area (Å²) in [6, 6.07) is 0.425. The number of aliphatic hydroxyl groups is 1. The van der Waals surface area contributed by atoms with Gasteiger partial charge in [-0.05, 0) is 6.54 Å². The minimum Gasteiger partial charge on any atom is -0.390 e. The van der Waals surface area contributed by atoms with Gasteiger partial charge in [-0.3, -0.25) is 4.90 Å². The number of methoxy groups -OCH3 is 1. The summed E-state index contributed by atoms with van der Waals surface area (Å²) >= 11 is 0. The molecule has 4 heteroatoms. The molecule has 0 fully saturated rings. The minimum atomic E-state index is -0.302. The largest absolute Gasteiger partial charge is 0.390 e. The van der Waals surface area contributed by atoms with Gasteiger partial charge in [0.25, 0.3) is 0 Å². The number of nitrogens with zero attached hydrogens (tertiary/aromatic N) is 1. The van der Waals surface area contributed by atoms with E-state index in [1.54, 1.807) is 7.11 Å². The lowest BCUT2D eigenvalue weighted by Gasteiger charge is -2.23. The Hall–Kier alpha value is -0.160. The van der Waals surface area contributed by atoms with Crippen molar-refractivity contribution >= 4 is 0 Å². The SMILES string of the molecule is CCN(CCOC)CC(O)CNC(C)C. The molecule has 0 spiro atoms. The fraction of sp³-hybridized carbons (Fsp3) is 1.00. The first-order valence-corrected chi connectivity index (χ1v) is 5.72. The van der Waals surface area contributed by atoms with Gasteiger partial charge in [0.2, 0.25) is 0 Å². The summed E-state index contributed by atoms with van der Waals surface area (Å²) in [4.78, 5) is 2.19. The third-order valence-corrected chi connectivity index (χ3v) is 2.29. The molecule has 0 heterocycles. The molecule has 92 valence electrons. The monoisotopic (exact) mass is 218 g/mol. The lowest BCUT2D eigenvalue weighted by molar-refractivity contribution is 0.0903. The van der Waals surface area contributed by atoms with Crippen LogP contribution in [0.5, 0.6) is 0 Å². The second-order valence-electron chi connectivity index (χ2n) is 4.10. The fourth-order valence-electron chi connectivity index (χ4n) is 1.33. The molecule has 1 unspecified atom stereocenters. The number of hydrogen-bond donors (Lipinski definition) is 2. The topological polar surface area (TPSA) is 44.7 Å². The quantitative estimate of drug-likeness (QED) is 0.585. The van der Waals surface area contributed by atoms with Crippen LogP contribution in [0.15, 0.2) is 0 Å². The van der Waals surface area contributed by atoms with Crippen LogP contribution in [0.2, 0.25) is 0 Å². The second-order valence-corrected chi connectivity index (χ2v) is 4.10. The number of likely N-dealkylation sites (N-methyl/N-ethyl adjacent to an activating group) is 1. The standard InChI is InChI=1S/C11H26N2O2/c1-5-13(6-7-15-4)9-11(14)8-12-10(2)3/h10-12,14H,5-9H2,1-4H3. The Labute approximate surface area is 93.6 Å². The van der Waals surface area contributed by atoms with E-state index < -0.39 is 0 Å². The van der Waals surface area contributed by atoms with Crippen molar-refractivity contribution in [3.05, 3.63) is 0 Å². The third-order valence-electron chi connectivity index (χ3n) is 2.29. The maximum absolute atomic E-state index is 9.75. The lowest BCUT2D eigenvalue weighted by atomic mass is 10.3. The zero-order valence-corrected chi connectivity index (χ0v) is 10.5. The Balaban J connectivity index is 3.64. The summed E-state index contributed by atoms with van der Waals surface area (Å²) in [7, 11) is 1.70. The molecule has 0 saturated carbocycles. The highest BCUT2D eigenvalue weighted by Crippen LogP contribution is 1.92. The highest BCUT2D eigenvalue weighted by molar-refractivity contribution is 4.67. The van der Waals surface area contributed by atoms with E-state index in [0.29, 0.717) is 19.1 Å². The zero-order chi connectivity index (χ0) is 11.7. The van der Waals surface area contributed by atoms with Crippen LogP contribution < -0.4 is 5.32 Å². The van der Waals surface area contributed by atoms with Crippen LogP contribution in [0, 0.1) is 0 Å². The van der Waals surface area contributed by atoms with Crippen molar-refractivity contribution in [2.45, 2.75) is 32.9 Å². The van der Waals surface area contributed by atoms with Crippen molar-refractivity contribution in [3.8, 4) is 0 Å². The molecule has 0 aliphatic carbocycles. The number of rotatable bonds is 9. The van der Waals surface area contributed by atoms with Gasteiger partial charge in [-0.2, -0.15) is 0 Å². The molecular formula is C11H26N2O2. The van der Waals surface area contributed by atoms with E-state index in [0.717, 1.165) is 19.7 Å². The molecule has 0 saturated heterocycles. The zero-order valence-electron chi connectivity index (χ0n) is 10.5. The van der Waals surface area contributed by atoms with Crippen LogP contribution in [-0.2, 0) is 4.74 Å². The summed E-state index contributed by atoms with van der Waals surface area (Å²) in [6.45, 7) is 10.2. The molecule has 15 heavy (non-hydrogen) atoms. The molecule has 1 atom stereocenters. The molecule has 2 N–H and O–H groups in total. The van der Waals surface area contributed by atoms with Crippen LogP contribution >= 0.6 is 0 Å². The number of ether oxygens (including phenoxy) is 1. The van der Waals surface area contributed by atoms with Crippen LogP contribution in [-0.4, -0.2) is 62.0 Å². The molecular weight excluding hydrogens is 192 g/mol. The van der Waals surface area contributed by atoms with Gasteiger partial charge in [-0.15, -0.1) is 0 Å². The van der Waals surface area contributed by atoms with E-state index in [9.17, 15) is 5.11 Å². The van der Waals surface area contributed by atoms with Crippen molar-refractivity contribution in [3.63, 3.8) is 0 Å². The average molecular weight is 218 g/mol. The summed E-state index contributed by atoms with van der Waals surface area (Å²) < 4.78 is 5.01. The summed E-state index contributed by atoms with van der Waals surface area (Å²) in [5, 5.41) is 13.0. The molecule has 4 nitrogen and oxygen atoms in total. The maximum atomic E-state index is 9.75. The number of aliphatic hydroxyl groups excluding tert-OH is 1. The highest BCUT2D eigenvalue weighted by Gasteiger charge is 2.10. The van der Waals surface area contributed by atoms with E-state index in [1.165, 1.54) is 0 Å². The molecule has 0 radical (unpaired) electrons. The Bertz CT molecular complexity index is 143. The first-order chi connectivity index (χ1) is 7.10. The smallest absolute Gasteiger partial charge is 0.0791 e. The fourth-order valence-corrected chi connectivity index (χ4v) is 1.33. The minimum absolute atomic E-state index is 0.302. The van der Waals surface area contributed by atoms with E-state index in [-0.39, 0.29) is 6.10 Å². The van der Waals surface area contributed by atoms with Gasteiger partial charge in [0.05, 0.1) is 12.7 Å². The second kappa shape index (κ2) is 9.09. The highest BCUT2D eigenvalue weighted by atomic mass is 16.5. The van der Waals surface area contributed by atoms with E-state index >= 15 is 0 Å². The Kier molecular flexibility index (Phi) is 9.00. The summed E-state index contributed by atoms with van der Waals surface area (Å²) in [5.41, 5.74) is 0. The molecule has 0 aromatic carbocycles. The van der Waals surface area contributed by atoms with Gasteiger partial charge in [0, 0.05) is 32.8 Å². The van der Waals surface area contributed by atoms with Crippen LogP contribution in [0.3, 0.4) is 0 Å². The van der Waals surface area contributed by atoms with E-state index in [2.05, 4.69) is 31.0 Å². The Morgan fingerprint density at radius 2 is 2.07 bits per heavy atom. The summed E-state index contributed by atoms with van der Waals surface area (Å²) in [5.74, 6) is 0. The van der Waals surface area contributed by atoms with Gasteiger partial charge in [0.15, 0.2) is 0 Å². The maximum Gasteiger partial charge on any atom is 0.0791 e. The average Bonchev–Trinajstić information content (AvgIpc) is 2.21.